The minimum absolute atomic E-state index is 0.0345. The number of halogens is 2. The maximum atomic E-state index is 13.5. The molecule has 2 nitrogen and oxygen atoms in total. The highest BCUT2D eigenvalue weighted by Gasteiger charge is 2.15. The lowest BCUT2D eigenvalue weighted by atomic mass is 9.97. The summed E-state index contributed by atoms with van der Waals surface area (Å²) in [7, 11) is 0. The van der Waals surface area contributed by atoms with Crippen LogP contribution in [0.1, 0.15) is 15.9 Å². The van der Waals surface area contributed by atoms with Crippen molar-refractivity contribution in [1.82, 2.24) is 0 Å². The normalized spacial score (nSPS) is 10.8. The summed E-state index contributed by atoms with van der Waals surface area (Å²) in [5, 5.41) is 1.77. The van der Waals surface area contributed by atoms with E-state index in [1.807, 2.05) is 30.3 Å². The van der Waals surface area contributed by atoms with Crippen LogP contribution in [0.25, 0.3) is 10.8 Å². The number of nitrogen functional groups attached to an aromatic ring is 1. The lowest BCUT2D eigenvalue weighted by Gasteiger charge is -2.08. The molecule has 3 rings (SSSR count). The van der Waals surface area contributed by atoms with Crippen LogP contribution in [0, 0.1) is 5.82 Å². The third-order valence-corrected chi connectivity index (χ3v) is 4.07. The van der Waals surface area contributed by atoms with E-state index in [4.69, 9.17) is 5.73 Å². The number of rotatable bonds is 2. The Morgan fingerprint density at radius 2 is 1.71 bits per heavy atom. The third kappa shape index (κ3) is 2.43. The van der Waals surface area contributed by atoms with Gasteiger partial charge in [-0.1, -0.05) is 40.2 Å². The number of hydrogen-bond donors (Lipinski definition) is 1. The second-order valence-electron chi connectivity index (χ2n) is 4.71. The molecule has 0 saturated carbocycles. The molecule has 0 amide bonds. The van der Waals surface area contributed by atoms with Crippen LogP contribution in [-0.4, -0.2) is 5.78 Å². The van der Waals surface area contributed by atoms with Crippen molar-refractivity contribution in [2.45, 2.75) is 0 Å². The predicted molar refractivity (Wildman–Crippen MR) is 85.9 cm³/mol. The van der Waals surface area contributed by atoms with E-state index in [1.165, 1.54) is 18.2 Å². The van der Waals surface area contributed by atoms with Gasteiger partial charge in [-0.2, -0.15) is 0 Å². The Hall–Kier alpha value is -2.20. The molecule has 0 spiro atoms. The Balaban J connectivity index is 2.18. The van der Waals surface area contributed by atoms with Gasteiger partial charge < -0.3 is 5.73 Å². The summed E-state index contributed by atoms with van der Waals surface area (Å²) in [6.45, 7) is 0. The molecule has 0 atom stereocenters. The second-order valence-corrected chi connectivity index (χ2v) is 5.56. The maximum absolute atomic E-state index is 13.5. The van der Waals surface area contributed by atoms with Gasteiger partial charge in [0.1, 0.15) is 5.82 Å². The van der Waals surface area contributed by atoms with E-state index in [2.05, 4.69) is 15.9 Å². The van der Waals surface area contributed by atoms with Gasteiger partial charge in [0.05, 0.1) is 5.69 Å². The van der Waals surface area contributed by atoms with Crippen molar-refractivity contribution >= 4 is 38.2 Å². The molecule has 0 aromatic heterocycles. The van der Waals surface area contributed by atoms with Gasteiger partial charge in [0.15, 0.2) is 5.78 Å². The van der Waals surface area contributed by atoms with E-state index in [0.717, 1.165) is 15.2 Å². The number of carbonyl (C=O) groups is 1. The van der Waals surface area contributed by atoms with Gasteiger partial charge in [-0.25, -0.2) is 4.39 Å². The van der Waals surface area contributed by atoms with Crippen LogP contribution >= 0.6 is 15.9 Å². The fraction of sp³-hybridized carbons (Fsp3) is 0. The van der Waals surface area contributed by atoms with Crippen LogP contribution in [0.5, 0.6) is 0 Å². The van der Waals surface area contributed by atoms with Crippen molar-refractivity contribution < 1.29 is 9.18 Å². The molecule has 4 heteroatoms. The summed E-state index contributed by atoms with van der Waals surface area (Å²) in [6, 6.07) is 15.3. The SMILES string of the molecule is Nc1ccc(C(=O)c2ccc(Br)c3ccccc23)cc1F. The molecule has 0 aliphatic carbocycles. The van der Waals surface area contributed by atoms with Gasteiger partial charge in [0, 0.05) is 15.6 Å². The average Bonchev–Trinajstić information content (AvgIpc) is 2.50. The van der Waals surface area contributed by atoms with Crippen LogP contribution < -0.4 is 5.73 Å². The van der Waals surface area contributed by atoms with E-state index < -0.39 is 5.82 Å². The molecule has 0 aliphatic heterocycles. The second kappa shape index (κ2) is 5.30. The van der Waals surface area contributed by atoms with E-state index in [0.29, 0.717) is 5.56 Å². The summed E-state index contributed by atoms with van der Waals surface area (Å²) in [4.78, 5) is 12.6. The van der Waals surface area contributed by atoms with Gasteiger partial charge in [0.2, 0.25) is 0 Å². The Morgan fingerprint density at radius 1 is 1.00 bits per heavy atom. The first-order valence-corrected chi connectivity index (χ1v) is 7.14. The summed E-state index contributed by atoms with van der Waals surface area (Å²) < 4.78 is 14.5. The van der Waals surface area contributed by atoms with Gasteiger partial charge in [-0.05, 0) is 41.1 Å². The molecular weight excluding hydrogens is 333 g/mol. The van der Waals surface area contributed by atoms with Crippen molar-refractivity contribution in [1.29, 1.82) is 0 Å². The Kier molecular flexibility index (Phi) is 3.47. The molecule has 0 heterocycles. The Morgan fingerprint density at radius 3 is 2.43 bits per heavy atom. The molecule has 0 radical (unpaired) electrons. The van der Waals surface area contributed by atoms with E-state index in [1.54, 1.807) is 6.07 Å². The quantitative estimate of drug-likeness (QED) is 0.547. The number of benzene rings is 3. The van der Waals surface area contributed by atoms with E-state index in [9.17, 15) is 9.18 Å². The van der Waals surface area contributed by atoms with Crippen molar-refractivity contribution in [2.24, 2.45) is 0 Å². The minimum atomic E-state index is -0.581. The fourth-order valence-corrected chi connectivity index (χ4v) is 2.76. The maximum Gasteiger partial charge on any atom is 0.193 e. The number of nitrogens with two attached hydrogens (primary N) is 1. The summed E-state index contributed by atoms with van der Waals surface area (Å²) in [5.74, 6) is -0.806. The summed E-state index contributed by atoms with van der Waals surface area (Å²) in [5.41, 5.74) is 6.31. The topological polar surface area (TPSA) is 43.1 Å². The predicted octanol–water partition coefficient (Wildman–Crippen LogP) is 4.55. The molecule has 0 unspecified atom stereocenters. The van der Waals surface area contributed by atoms with Gasteiger partial charge in [-0.3, -0.25) is 4.79 Å². The Labute approximate surface area is 129 Å². The molecule has 0 saturated heterocycles. The summed E-state index contributed by atoms with van der Waals surface area (Å²) in [6.07, 6.45) is 0. The van der Waals surface area contributed by atoms with E-state index in [-0.39, 0.29) is 17.0 Å². The zero-order valence-corrected chi connectivity index (χ0v) is 12.5. The van der Waals surface area contributed by atoms with Crippen LogP contribution in [0.2, 0.25) is 0 Å². The molecule has 104 valence electrons. The van der Waals surface area contributed by atoms with Crippen LogP contribution in [0.3, 0.4) is 0 Å². The first kappa shape index (κ1) is 13.8. The number of fused-ring (bicyclic) bond motifs is 1. The average molecular weight is 344 g/mol. The van der Waals surface area contributed by atoms with Crippen LogP contribution in [0.4, 0.5) is 10.1 Å². The van der Waals surface area contributed by atoms with Gasteiger partial charge in [0.25, 0.3) is 0 Å². The Bertz CT molecular complexity index is 861. The smallest absolute Gasteiger partial charge is 0.193 e. The highest BCUT2D eigenvalue weighted by Crippen LogP contribution is 2.28. The first-order valence-electron chi connectivity index (χ1n) is 6.35. The molecule has 0 aliphatic rings. The lowest BCUT2D eigenvalue weighted by molar-refractivity contribution is 0.104. The molecule has 21 heavy (non-hydrogen) atoms. The van der Waals surface area contributed by atoms with Crippen molar-refractivity contribution in [3.8, 4) is 0 Å². The molecule has 3 aromatic rings. The van der Waals surface area contributed by atoms with Crippen molar-refractivity contribution in [3.05, 3.63) is 76.0 Å². The molecular formula is C17H11BrFNO. The molecule has 0 fully saturated rings. The summed E-state index contributed by atoms with van der Waals surface area (Å²) >= 11 is 3.47. The number of ketones is 1. The van der Waals surface area contributed by atoms with Gasteiger partial charge in [-0.15, -0.1) is 0 Å². The molecule has 2 N–H and O–H groups in total. The molecule has 3 aromatic carbocycles. The molecule has 0 bridgehead atoms. The zero-order chi connectivity index (χ0) is 15.0. The fourth-order valence-electron chi connectivity index (χ4n) is 2.28. The van der Waals surface area contributed by atoms with Crippen molar-refractivity contribution in [2.75, 3.05) is 5.73 Å². The standard InChI is InChI=1S/C17H11BrFNO/c18-14-7-6-13(11-3-1-2-4-12(11)14)17(21)10-5-8-16(20)15(19)9-10/h1-9H,20H2. The van der Waals surface area contributed by atoms with Crippen LogP contribution in [-0.2, 0) is 0 Å². The highest BCUT2D eigenvalue weighted by atomic mass is 79.9. The van der Waals surface area contributed by atoms with Crippen molar-refractivity contribution in [3.63, 3.8) is 0 Å². The third-order valence-electron chi connectivity index (χ3n) is 3.38. The lowest BCUT2D eigenvalue weighted by Crippen LogP contribution is -2.04. The van der Waals surface area contributed by atoms with Crippen LogP contribution in [0.15, 0.2) is 59.1 Å². The first-order chi connectivity index (χ1) is 10.1. The van der Waals surface area contributed by atoms with Gasteiger partial charge >= 0.3 is 0 Å². The largest absolute Gasteiger partial charge is 0.396 e. The highest BCUT2D eigenvalue weighted by molar-refractivity contribution is 9.10. The minimum Gasteiger partial charge on any atom is -0.396 e. The number of hydrogen-bond acceptors (Lipinski definition) is 2. The monoisotopic (exact) mass is 343 g/mol. The number of carbonyl (C=O) groups excluding carboxylic acids is 1. The zero-order valence-electron chi connectivity index (χ0n) is 10.9. The van der Waals surface area contributed by atoms with E-state index >= 15 is 0 Å². The number of anilines is 1.